The van der Waals surface area contributed by atoms with Crippen molar-refractivity contribution in [2.24, 2.45) is 0 Å². The van der Waals surface area contributed by atoms with Crippen LogP contribution in [0.2, 0.25) is 0 Å². The first-order valence-electron chi connectivity index (χ1n) is 9.26. The van der Waals surface area contributed by atoms with Gasteiger partial charge in [0, 0.05) is 41.7 Å². The molecule has 31 heavy (non-hydrogen) atoms. The van der Waals surface area contributed by atoms with Gasteiger partial charge in [-0.25, -0.2) is 9.97 Å². The maximum absolute atomic E-state index is 12.9. The third kappa shape index (κ3) is 6.08. The topological polar surface area (TPSA) is 72.0 Å². The van der Waals surface area contributed by atoms with Crippen LogP contribution in [0.4, 0.5) is 18.9 Å². The number of benzene rings is 2. The normalized spacial score (nSPS) is 11.5. The Hall–Kier alpha value is -3.81. The lowest BCUT2D eigenvalue weighted by atomic mass is 9.99. The first-order chi connectivity index (χ1) is 14.7. The van der Waals surface area contributed by atoms with Gasteiger partial charge in [-0.05, 0) is 36.3 Å². The highest BCUT2D eigenvalue weighted by Crippen LogP contribution is 2.30. The Morgan fingerprint density at radius 2 is 1.81 bits per heavy atom. The standard InChI is InChI=1S/C23H18F3N3O2/c1-15-5-7-18(21(30)10-16-3-2-4-19(9-16)23(24,25)26)11-20(15)29-22(31)8-6-17-12-27-14-28-13-17/h2-9,11-14H,10H2,1H3,(H,29,31)/b8-6+. The Balaban J connectivity index is 1.72. The molecule has 0 aliphatic rings. The average molecular weight is 425 g/mol. The number of hydrogen-bond acceptors (Lipinski definition) is 4. The zero-order valence-corrected chi connectivity index (χ0v) is 16.5. The molecule has 2 aromatic carbocycles. The number of nitrogens with zero attached hydrogens (tertiary/aromatic N) is 2. The van der Waals surface area contributed by atoms with E-state index in [1.807, 2.05) is 0 Å². The monoisotopic (exact) mass is 425 g/mol. The minimum atomic E-state index is -4.47. The van der Waals surface area contributed by atoms with E-state index in [1.54, 1.807) is 37.5 Å². The van der Waals surface area contributed by atoms with Gasteiger partial charge in [-0.1, -0.05) is 30.3 Å². The number of anilines is 1. The number of carbonyl (C=O) groups excluding carboxylic acids is 2. The van der Waals surface area contributed by atoms with Gasteiger partial charge >= 0.3 is 6.18 Å². The van der Waals surface area contributed by atoms with Crippen LogP contribution in [-0.2, 0) is 17.4 Å². The summed E-state index contributed by atoms with van der Waals surface area (Å²) in [6, 6.07) is 9.44. The van der Waals surface area contributed by atoms with Crippen molar-refractivity contribution in [1.29, 1.82) is 0 Å². The molecule has 0 saturated heterocycles. The molecule has 0 saturated carbocycles. The number of carbonyl (C=O) groups is 2. The Kier molecular flexibility index (Phi) is 6.59. The molecule has 5 nitrogen and oxygen atoms in total. The smallest absolute Gasteiger partial charge is 0.322 e. The van der Waals surface area contributed by atoms with E-state index >= 15 is 0 Å². The van der Waals surface area contributed by atoms with Crippen LogP contribution >= 0.6 is 0 Å². The summed E-state index contributed by atoms with van der Waals surface area (Å²) in [4.78, 5) is 32.5. The van der Waals surface area contributed by atoms with Crippen molar-refractivity contribution >= 4 is 23.5 Å². The maximum Gasteiger partial charge on any atom is 0.416 e. The zero-order valence-electron chi connectivity index (χ0n) is 16.5. The highest BCUT2D eigenvalue weighted by Gasteiger charge is 2.30. The molecule has 1 heterocycles. The number of amides is 1. The molecule has 0 spiro atoms. The largest absolute Gasteiger partial charge is 0.416 e. The third-order valence-corrected chi connectivity index (χ3v) is 4.44. The van der Waals surface area contributed by atoms with E-state index in [-0.39, 0.29) is 17.8 Å². The van der Waals surface area contributed by atoms with Crippen molar-refractivity contribution in [1.82, 2.24) is 9.97 Å². The van der Waals surface area contributed by atoms with Crippen molar-refractivity contribution in [3.8, 4) is 0 Å². The summed E-state index contributed by atoms with van der Waals surface area (Å²) in [6.07, 6.45) is 2.68. The van der Waals surface area contributed by atoms with Crippen LogP contribution in [0.3, 0.4) is 0 Å². The SMILES string of the molecule is Cc1ccc(C(=O)Cc2cccc(C(F)(F)F)c2)cc1NC(=O)/C=C/c1cncnc1. The molecule has 158 valence electrons. The number of halogens is 3. The van der Waals surface area contributed by atoms with Crippen molar-refractivity contribution in [2.45, 2.75) is 19.5 Å². The quantitative estimate of drug-likeness (QED) is 0.451. The third-order valence-electron chi connectivity index (χ3n) is 4.44. The Labute approximate surface area is 176 Å². The van der Waals surface area contributed by atoms with E-state index in [0.717, 1.165) is 17.7 Å². The Morgan fingerprint density at radius 1 is 1.06 bits per heavy atom. The summed E-state index contributed by atoms with van der Waals surface area (Å²) in [5.41, 5.74) is 1.58. The first-order valence-corrected chi connectivity index (χ1v) is 9.26. The predicted molar refractivity (Wildman–Crippen MR) is 110 cm³/mol. The van der Waals surface area contributed by atoms with Crippen molar-refractivity contribution in [2.75, 3.05) is 5.32 Å². The second-order valence-electron chi connectivity index (χ2n) is 6.82. The molecule has 3 rings (SSSR count). The van der Waals surface area contributed by atoms with Crippen LogP contribution < -0.4 is 5.32 Å². The van der Waals surface area contributed by atoms with Gasteiger partial charge < -0.3 is 5.32 Å². The van der Waals surface area contributed by atoms with Gasteiger partial charge in [0.1, 0.15) is 6.33 Å². The summed E-state index contributed by atoms with van der Waals surface area (Å²) in [6.45, 7) is 1.77. The highest BCUT2D eigenvalue weighted by molar-refractivity contribution is 6.04. The number of ketones is 1. The van der Waals surface area contributed by atoms with Crippen LogP contribution in [-0.4, -0.2) is 21.7 Å². The molecule has 1 amide bonds. The molecule has 0 radical (unpaired) electrons. The van der Waals surface area contributed by atoms with Gasteiger partial charge in [0.15, 0.2) is 5.78 Å². The van der Waals surface area contributed by atoms with Gasteiger partial charge in [-0.2, -0.15) is 13.2 Å². The zero-order chi connectivity index (χ0) is 22.4. The van der Waals surface area contributed by atoms with Gasteiger partial charge in [0.2, 0.25) is 5.91 Å². The molecular formula is C23H18F3N3O2. The lowest BCUT2D eigenvalue weighted by Gasteiger charge is -2.10. The Bertz CT molecular complexity index is 1130. The molecule has 3 aromatic rings. The van der Waals surface area contributed by atoms with E-state index in [0.29, 0.717) is 16.8 Å². The lowest BCUT2D eigenvalue weighted by Crippen LogP contribution is -2.11. The highest BCUT2D eigenvalue weighted by atomic mass is 19.4. The predicted octanol–water partition coefficient (Wildman–Crippen LogP) is 4.88. The number of rotatable bonds is 6. The number of Topliss-reactive ketones (excluding diaryl/α,β-unsaturated/α-hetero) is 1. The molecule has 1 N–H and O–H groups in total. The minimum absolute atomic E-state index is 0.186. The fourth-order valence-electron chi connectivity index (χ4n) is 2.82. The Morgan fingerprint density at radius 3 is 2.52 bits per heavy atom. The summed E-state index contributed by atoms with van der Waals surface area (Å²) >= 11 is 0. The molecule has 8 heteroatoms. The van der Waals surface area contributed by atoms with Crippen molar-refractivity contribution < 1.29 is 22.8 Å². The summed E-state index contributed by atoms with van der Waals surface area (Å²) in [5.74, 6) is -0.763. The van der Waals surface area contributed by atoms with E-state index in [2.05, 4.69) is 15.3 Å². The van der Waals surface area contributed by atoms with Gasteiger partial charge in [0.05, 0.1) is 5.56 Å². The number of aryl methyl sites for hydroxylation is 1. The molecule has 0 atom stereocenters. The number of hydrogen-bond donors (Lipinski definition) is 1. The number of alkyl halides is 3. The van der Waals surface area contributed by atoms with Crippen LogP contribution in [0.5, 0.6) is 0 Å². The molecule has 0 aliphatic heterocycles. The molecule has 0 unspecified atom stereocenters. The van der Waals surface area contributed by atoms with Crippen LogP contribution in [0.15, 0.2) is 67.3 Å². The number of nitrogens with one attached hydrogen (secondary N) is 1. The second kappa shape index (κ2) is 9.34. The van der Waals surface area contributed by atoms with Crippen molar-refractivity contribution in [3.63, 3.8) is 0 Å². The molecule has 0 fully saturated rings. The second-order valence-corrected chi connectivity index (χ2v) is 6.82. The molecule has 0 aliphatic carbocycles. The van der Waals surface area contributed by atoms with E-state index < -0.39 is 17.6 Å². The maximum atomic E-state index is 12.9. The number of aromatic nitrogens is 2. The van der Waals surface area contributed by atoms with E-state index in [1.165, 1.54) is 30.6 Å². The summed E-state index contributed by atoms with van der Waals surface area (Å²) in [7, 11) is 0. The van der Waals surface area contributed by atoms with Crippen molar-refractivity contribution in [3.05, 3.63) is 95.1 Å². The first kappa shape index (κ1) is 21.9. The molecule has 1 aromatic heterocycles. The lowest BCUT2D eigenvalue weighted by molar-refractivity contribution is -0.137. The van der Waals surface area contributed by atoms with Gasteiger partial charge in [-0.3, -0.25) is 9.59 Å². The summed E-state index contributed by atoms with van der Waals surface area (Å²) < 4.78 is 38.6. The molecule has 0 bridgehead atoms. The van der Waals surface area contributed by atoms with Gasteiger partial charge in [-0.15, -0.1) is 0 Å². The van der Waals surface area contributed by atoms with Crippen LogP contribution in [0.1, 0.15) is 32.6 Å². The van der Waals surface area contributed by atoms with Crippen LogP contribution in [0.25, 0.3) is 6.08 Å². The minimum Gasteiger partial charge on any atom is -0.322 e. The van der Waals surface area contributed by atoms with E-state index in [9.17, 15) is 22.8 Å². The average Bonchev–Trinajstić information content (AvgIpc) is 2.74. The van der Waals surface area contributed by atoms with E-state index in [4.69, 9.17) is 0 Å². The fraction of sp³-hybridized carbons (Fsp3) is 0.130. The summed E-state index contributed by atoms with van der Waals surface area (Å²) in [5, 5.41) is 2.70. The molecular weight excluding hydrogens is 407 g/mol. The van der Waals surface area contributed by atoms with Crippen LogP contribution in [0, 0.1) is 6.92 Å². The fourth-order valence-corrected chi connectivity index (χ4v) is 2.82. The van der Waals surface area contributed by atoms with Gasteiger partial charge in [0.25, 0.3) is 0 Å².